The van der Waals surface area contributed by atoms with Crippen LogP contribution in [0.3, 0.4) is 0 Å². The van der Waals surface area contributed by atoms with Crippen LogP contribution in [-0.2, 0) is 6.54 Å². The lowest BCUT2D eigenvalue weighted by molar-refractivity contribution is 0.628. The number of halogens is 1. The third-order valence-corrected chi connectivity index (χ3v) is 4.00. The predicted molar refractivity (Wildman–Crippen MR) is 91.5 cm³/mol. The number of rotatable bonds is 3. The first kappa shape index (κ1) is 15.0. The van der Waals surface area contributed by atoms with E-state index in [-0.39, 0.29) is 5.82 Å². The van der Waals surface area contributed by atoms with Gasteiger partial charge in [-0.15, -0.1) is 4.52 Å². The summed E-state index contributed by atoms with van der Waals surface area (Å²) in [7, 11) is 0. The molecular weight excluding hydrogens is 319 g/mol. The largest absolute Gasteiger partial charge is 0.360 e. The lowest BCUT2D eigenvalue weighted by atomic mass is 10.1. The topological polar surface area (TPSA) is 52.4 Å². The Hall–Kier alpha value is -3.53. The summed E-state index contributed by atoms with van der Waals surface area (Å²) in [5, 5.41) is 4.57. The van der Waals surface area contributed by atoms with Crippen LogP contribution < -0.4 is 0 Å². The molecule has 0 amide bonds. The van der Waals surface area contributed by atoms with E-state index in [0.717, 1.165) is 17.0 Å². The van der Waals surface area contributed by atoms with Crippen LogP contribution in [0.2, 0.25) is 0 Å². The molecule has 0 spiro atoms. The Bertz CT molecular complexity index is 1100. The van der Waals surface area contributed by atoms with Gasteiger partial charge in [-0.05, 0) is 37.3 Å². The maximum atomic E-state index is 13.2. The number of aromatic nitrogens is 5. The second-order valence-corrected chi connectivity index (χ2v) is 5.45. The molecule has 1 aromatic carbocycles. The van der Waals surface area contributed by atoms with Crippen molar-refractivity contribution >= 4 is 11.5 Å². The number of nitrogens with zero attached hydrogens (tertiary/aromatic N) is 6. The van der Waals surface area contributed by atoms with Crippen LogP contribution in [0.1, 0.15) is 6.92 Å². The molecule has 25 heavy (non-hydrogen) atoms. The molecule has 0 radical (unpaired) electrons. The van der Waals surface area contributed by atoms with Gasteiger partial charge in [0.2, 0.25) is 5.65 Å². The van der Waals surface area contributed by atoms with Crippen LogP contribution >= 0.6 is 0 Å². The van der Waals surface area contributed by atoms with E-state index in [1.807, 2.05) is 23.6 Å². The van der Waals surface area contributed by atoms with Gasteiger partial charge in [-0.3, -0.25) is 0 Å². The minimum atomic E-state index is -0.292. The molecule has 0 saturated carbocycles. The molecule has 122 valence electrons. The quantitative estimate of drug-likeness (QED) is 0.533. The van der Waals surface area contributed by atoms with E-state index in [1.165, 1.54) is 22.8 Å². The van der Waals surface area contributed by atoms with Gasteiger partial charge in [0.15, 0.2) is 0 Å². The van der Waals surface area contributed by atoms with Gasteiger partial charge in [0.25, 0.3) is 5.82 Å². The highest BCUT2D eigenvalue weighted by atomic mass is 19.1. The molecule has 4 rings (SSSR count). The highest BCUT2D eigenvalue weighted by Crippen LogP contribution is 2.30. The Balaban J connectivity index is 1.94. The van der Waals surface area contributed by atoms with E-state index < -0.39 is 0 Å². The van der Waals surface area contributed by atoms with Crippen molar-refractivity contribution in [2.24, 2.45) is 0 Å². The molecule has 0 aliphatic heterocycles. The fraction of sp³-hybridized carbons (Fsp3) is 0.111. The number of benzene rings is 1. The number of imidazole rings is 2. The summed E-state index contributed by atoms with van der Waals surface area (Å²) < 4.78 is 16.7. The first-order chi connectivity index (χ1) is 12.2. The third-order valence-electron chi connectivity index (χ3n) is 4.00. The Labute approximate surface area is 143 Å². The first-order valence-corrected chi connectivity index (χ1v) is 7.75. The maximum Gasteiger partial charge on any atom is 0.275 e. The highest BCUT2D eigenvalue weighted by molar-refractivity contribution is 5.77. The van der Waals surface area contributed by atoms with Gasteiger partial charge < -0.3 is 9.41 Å². The summed E-state index contributed by atoms with van der Waals surface area (Å²) in [6.45, 7) is 9.96. The van der Waals surface area contributed by atoms with Gasteiger partial charge in [0.1, 0.15) is 11.5 Å². The van der Waals surface area contributed by atoms with Crippen molar-refractivity contribution in [3.8, 4) is 22.6 Å². The maximum absolute atomic E-state index is 13.2. The van der Waals surface area contributed by atoms with Crippen LogP contribution in [0.25, 0.3) is 33.1 Å². The van der Waals surface area contributed by atoms with Crippen molar-refractivity contribution < 1.29 is 4.39 Å². The molecule has 0 saturated heterocycles. The van der Waals surface area contributed by atoms with Crippen LogP contribution in [-0.4, -0.2) is 24.1 Å². The fourth-order valence-electron chi connectivity index (χ4n) is 2.77. The molecule has 0 unspecified atom stereocenters. The minimum Gasteiger partial charge on any atom is -0.360 e. The standard InChI is InChI=1S/C18H13FN6/c1-3-24-11-22-17(12-4-6-13(19)7-5-12)18(24)14-8-9-15-21-10-16(20-2)25(15)23-14/h4-11H,3H2,1H3. The van der Waals surface area contributed by atoms with Crippen molar-refractivity contribution in [2.45, 2.75) is 13.5 Å². The van der Waals surface area contributed by atoms with E-state index in [0.29, 0.717) is 23.7 Å². The zero-order valence-electron chi connectivity index (χ0n) is 13.4. The van der Waals surface area contributed by atoms with Crippen molar-refractivity contribution in [3.63, 3.8) is 0 Å². The molecule has 0 bridgehead atoms. The Kier molecular flexibility index (Phi) is 3.51. The Morgan fingerprint density at radius 1 is 1.12 bits per heavy atom. The first-order valence-electron chi connectivity index (χ1n) is 7.75. The molecule has 0 atom stereocenters. The summed E-state index contributed by atoms with van der Waals surface area (Å²) in [6.07, 6.45) is 3.24. The van der Waals surface area contributed by atoms with Gasteiger partial charge in [-0.25, -0.2) is 14.4 Å². The predicted octanol–water partition coefficient (Wildman–Crippen LogP) is 3.97. The average Bonchev–Trinajstić information content (AvgIpc) is 3.25. The van der Waals surface area contributed by atoms with Crippen LogP contribution in [0, 0.1) is 12.4 Å². The summed E-state index contributed by atoms with van der Waals surface area (Å²) in [5.41, 5.74) is 3.63. The van der Waals surface area contributed by atoms with Gasteiger partial charge in [0.05, 0.1) is 23.9 Å². The molecule has 6 nitrogen and oxygen atoms in total. The zero-order valence-corrected chi connectivity index (χ0v) is 13.4. The zero-order chi connectivity index (χ0) is 17.4. The van der Waals surface area contributed by atoms with Crippen molar-refractivity contribution in [2.75, 3.05) is 0 Å². The summed E-state index contributed by atoms with van der Waals surface area (Å²) in [4.78, 5) is 12.1. The molecule has 3 heterocycles. The van der Waals surface area contributed by atoms with Crippen molar-refractivity contribution in [3.05, 3.63) is 66.2 Å². The Morgan fingerprint density at radius 3 is 2.64 bits per heavy atom. The molecule has 0 N–H and O–H groups in total. The lowest BCUT2D eigenvalue weighted by Crippen LogP contribution is -2.01. The molecule has 0 fully saturated rings. The van der Waals surface area contributed by atoms with Gasteiger partial charge in [-0.2, -0.15) is 0 Å². The Morgan fingerprint density at radius 2 is 1.92 bits per heavy atom. The summed E-state index contributed by atoms with van der Waals surface area (Å²) in [5.74, 6) is 0.0580. The van der Waals surface area contributed by atoms with Crippen molar-refractivity contribution in [1.82, 2.24) is 24.1 Å². The van der Waals surface area contributed by atoms with E-state index >= 15 is 0 Å². The van der Waals surface area contributed by atoms with Crippen molar-refractivity contribution in [1.29, 1.82) is 0 Å². The second kappa shape index (κ2) is 5.83. The van der Waals surface area contributed by atoms with Crippen LogP contribution in [0.15, 0.2) is 48.9 Å². The smallest absolute Gasteiger partial charge is 0.275 e. The molecular formula is C18H13FN6. The number of aryl methyl sites for hydroxylation is 1. The summed E-state index contributed by atoms with van der Waals surface area (Å²) >= 11 is 0. The van der Waals surface area contributed by atoms with E-state index in [2.05, 4.69) is 19.9 Å². The van der Waals surface area contributed by atoms with E-state index in [9.17, 15) is 4.39 Å². The highest BCUT2D eigenvalue weighted by Gasteiger charge is 2.18. The van der Waals surface area contributed by atoms with E-state index in [4.69, 9.17) is 6.57 Å². The number of hydrogen-bond acceptors (Lipinski definition) is 3. The number of hydrogen-bond donors (Lipinski definition) is 0. The molecule has 0 aliphatic carbocycles. The second-order valence-electron chi connectivity index (χ2n) is 5.45. The molecule has 4 aromatic rings. The minimum absolute atomic E-state index is 0.292. The number of fused-ring (bicyclic) bond motifs is 1. The van der Waals surface area contributed by atoms with Gasteiger partial charge >= 0.3 is 0 Å². The SMILES string of the molecule is [C-]#[N+]c1cnc2ccc(-c3c(-c4ccc(F)cc4)ncn3CC)nn12. The fourth-order valence-corrected chi connectivity index (χ4v) is 2.77. The lowest BCUT2D eigenvalue weighted by Gasteiger charge is -2.07. The summed E-state index contributed by atoms with van der Waals surface area (Å²) in [6, 6.07) is 9.88. The van der Waals surface area contributed by atoms with Gasteiger partial charge in [0, 0.05) is 18.2 Å². The molecule has 7 heteroatoms. The third kappa shape index (κ3) is 2.44. The van der Waals surface area contributed by atoms with E-state index in [1.54, 1.807) is 18.5 Å². The monoisotopic (exact) mass is 332 g/mol. The normalized spacial score (nSPS) is 10.9. The van der Waals surface area contributed by atoms with Crippen LogP contribution in [0.5, 0.6) is 0 Å². The molecule has 3 aromatic heterocycles. The average molecular weight is 332 g/mol. The molecule has 0 aliphatic rings. The van der Waals surface area contributed by atoms with Crippen LogP contribution in [0.4, 0.5) is 10.2 Å². The van der Waals surface area contributed by atoms with Gasteiger partial charge in [-0.1, -0.05) is 11.7 Å².